The zero-order valence-electron chi connectivity index (χ0n) is 27.1. The summed E-state index contributed by atoms with van der Waals surface area (Å²) in [7, 11) is 0. The first-order valence-electron chi connectivity index (χ1n) is 15.3. The molecule has 0 spiro atoms. The van der Waals surface area contributed by atoms with E-state index < -0.39 is 5.97 Å². The lowest BCUT2D eigenvalue weighted by Crippen LogP contribution is -2.17. The first kappa shape index (κ1) is 31.9. The van der Waals surface area contributed by atoms with Crippen molar-refractivity contribution in [2.75, 3.05) is 5.32 Å². The standard InChI is InChI=1S/C38H40N2O4S/c1-22(2)43-32-16-12-10-14-28(32)31-21-29(27-13-9-11-15-30(27)39-31)35(41)40-36-34(37(42)44-23(3)4)33(24(5)45-36)25-17-19-26(20-18-25)38(6,7)8/h9-23H,1-8H3,(H,40,41). The van der Waals surface area contributed by atoms with Crippen molar-refractivity contribution in [1.82, 2.24) is 4.98 Å². The van der Waals surface area contributed by atoms with Crippen LogP contribution >= 0.6 is 11.3 Å². The van der Waals surface area contributed by atoms with E-state index in [4.69, 9.17) is 14.5 Å². The van der Waals surface area contributed by atoms with E-state index in [2.05, 4.69) is 38.2 Å². The predicted octanol–water partition coefficient (Wildman–Crippen LogP) is 9.84. The van der Waals surface area contributed by atoms with E-state index in [0.29, 0.717) is 38.5 Å². The molecule has 45 heavy (non-hydrogen) atoms. The lowest BCUT2D eigenvalue weighted by molar-refractivity contribution is 0.0380. The maximum Gasteiger partial charge on any atom is 0.342 e. The van der Waals surface area contributed by atoms with Gasteiger partial charge >= 0.3 is 5.97 Å². The fraction of sp³-hybridized carbons (Fsp3) is 0.289. The minimum absolute atomic E-state index is 0.00560. The molecule has 5 rings (SSSR count). The lowest BCUT2D eigenvalue weighted by atomic mass is 9.86. The van der Waals surface area contributed by atoms with Gasteiger partial charge < -0.3 is 14.8 Å². The van der Waals surface area contributed by atoms with Crippen molar-refractivity contribution in [3.8, 4) is 28.1 Å². The van der Waals surface area contributed by atoms with Crippen LogP contribution in [0.15, 0.2) is 78.9 Å². The Morgan fingerprint density at radius 3 is 2.20 bits per heavy atom. The van der Waals surface area contributed by atoms with Gasteiger partial charge in [0.1, 0.15) is 16.3 Å². The number of carbonyl (C=O) groups is 2. The number of nitrogens with one attached hydrogen (secondary N) is 1. The number of thiophene rings is 1. The lowest BCUT2D eigenvalue weighted by Gasteiger charge is -2.19. The number of esters is 1. The van der Waals surface area contributed by atoms with Crippen LogP contribution < -0.4 is 10.1 Å². The van der Waals surface area contributed by atoms with Gasteiger partial charge in [-0.3, -0.25) is 4.79 Å². The number of para-hydroxylation sites is 2. The number of pyridine rings is 1. The second kappa shape index (κ2) is 12.9. The van der Waals surface area contributed by atoms with Crippen molar-refractivity contribution in [2.24, 2.45) is 0 Å². The zero-order chi connectivity index (χ0) is 32.5. The average molecular weight is 621 g/mol. The number of aromatic nitrogens is 1. The molecule has 0 saturated heterocycles. The van der Waals surface area contributed by atoms with Crippen molar-refractivity contribution >= 4 is 39.1 Å². The molecule has 0 aliphatic heterocycles. The van der Waals surface area contributed by atoms with E-state index in [0.717, 1.165) is 21.6 Å². The minimum Gasteiger partial charge on any atom is -0.490 e. The molecule has 0 aliphatic carbocycles. The molecule has 0 fully saturated rings. The van der Waals surface area contributed by atoms with Crippen molar-refractivity contribution < 1.29 is 19.1 Å². The van der Waals surface area contributed by atoms with Crippen LogP contribution in [0.1, 0.15) is 79.6 Å². The summed E-state index contributed by atoms with van der Waals surface area (Å²) in [5.74, 6) is -0.123. The summed E-state index contributed by atoms with van der Waals surface area (Å²) in [5.41, 5.74) is 5.75. The van der Waals surface area contributed by atoms with Gasteiger partial charge in [-0.05, 0) is 75.4 Å². The molecular formula is C38H40N2O4S. The highest BCUT2D eigenvalue weighted by Gasteiger charge is 2.28. The summed E-state index contributed by atoms with van der Waals surface area (Å²) in [5, 5.41) is 4.24. The molecule has 7 heteroatoms. The molecule has 0 saturated carbocycles. The zero-order valence-corrected chi connectivity index (χ0v) is 28.0. The summed E-state index contributed by atoms with van der Waals surface area (Å²) in [6, 6.07) is 25.3. The molecule has 0 unspecified atom stereocenters. The summed E-state index contributed by atoms with van der Waals surface area (Å²) in [6.45, 7) is 16.1. The van der Waals surface area contributed by atoms with Crippen LogP contribution in [0.2, 0.25) is 0 Å². The Balaban J connectivity index is 1.61. The van der Waals surface area contributed by atoms with E-state index in [-0.39, 0.29) is 23.5 Å². The fourth-order valence-corrected chi connectivity index (χ4v) is 6.35. The molecule has 0 atom stereocenters. The smallest absolute Gasteiger partial charge is 0.342 e. The summed E-state index contributed by atoms with van der Waals surface area (Å²) < 4.78 is 11.8. The number of carbonyl (C=O) groups excluding carboxylic acids is 2. The van der Waals surface area contributed by atoms with Gasteiger partial charge in [-0.1, -0.05) is 75.4 Å². The van der Waals surface area contributed by atoms with Gasteiger partial charge in [0.2, 0.25) is 0 Å². The van der Waals surface area contributed by atoms with Gasteiger partial charge in [-0.15, -0.1) is 11.3 Å². The minimum atomic E-state index is -0.473. The van der Waals surface area contributed by atoms with Crippen molar-refractivity contribution in [1.29, 1.82) is 0 Å². The summed E-state index contributed by atoms with van der Waals surface area (Å²) >= 11 is 1.37. The number of aryl methyl sites for hydroxylation is 1. The number of nitrogens with zero attached hydrogens (tertiary/aromatic N) is 1. The summed E-state index contributed by atoms with van der Waals surface area (Å²) in [6.07, 6.45) is -0.350. The Hall–Kier alpha value is -4.49. The molecule has 3 aromatic carbocycles. The largest absolute Gasteiger partial charge is 0.490 e. The van der Waals surface area contributed by atoms with Gasteiger partial charge in [0.05, 0.1) is 29.0 Å². The van der Waals surface area contributed by atoms with Gasteiger partial charge in [0.15, 0.2) is 0 Å². The first-order valence-corrected chi connectivity index (χ1v) is 16.1. The molecule has 2 aromatic heterocycles. The van der Waals surface area contributed by atoms with Crippen molar-refractivity contribution in [2.45, 2.75) is 73.0 Å². The number of anilines is 1. The number of amides is 1. The quantitative estimate of drug-likeness (QED) is 0.175. The van der Waals surface area contributed by atoms with Crippen LogP contribution in [0.3, 0.4) is 0 Å². The Morgan fingerprint density at radius 1 is 0.867 bits per heavy atom. The van der Waals surface area contributed by atoms with Crippen molar-refractivity contribution in [3.63, 3.8) is 0 Å². The van der Waals surface area contributed by atoms with Crippen LogP contribution in [0, 0.1) is 6.92 Å². The number of fused-ring (bicyclic) bond motifs is 1. The monoisotopic (exact) mass is 620 g/mol. The number of rotatable bonds is 8. The van der Waals surface area contributed by atoms with E-state index in [1.807, 2.05) is 95.3 Å². The molecule has 0 bridgehead atoms. The third-order valence-electron chi connectivity index (χ3n) is 7.38. The predicted molar refractivity (Wildman–Crippen MR) is 185 cm³/mol. The molecule has 1 N–H and O–H groups in total. The van der Waals surface area contributed by atoms with Gasteiger partial charge in [0.25, 0.3) is 5.91 Å². The van der Waals surface area contributed by atoms with E-state index in [9.17, 15) is 9.59 Å². The highest BCUT2D eigenvalue weighted by molar-refractivity contribution is 7.17. The topological polar surface area (TPSA) is 77.5 Å². The van der Waals surface area contributed by atoms with Crippen LogP contribution in [0.4, 0.5) is 5.00 Å². The Morgan fingerprint density at radius 2 is 1.53 bits per heavy atom. The van der Waals surface area contributed by atoms with E-state index in [1.54, 1.807) is 6.07 Å². The third kappa shape index (κ3) is 6.94. The SMILES string of the molecule is Cc1sc(NC(=O)c2cc(-c3ccccc3OC(C)C)nc3ccccc23)c(C(=O)OC(C)C)c1-c1ccc(C(C)(C)C)cc1. The number of benzene rings is 3. The maximum absolute atomic E-state index is 14.2. The molecule has 1 amide bonds. The number of ether oxygens (including phenoxy) is 2. The van der Waals surface area contributed by atoms with E-state index in [1.165, 1.54) is 16.9 Å². The van der Waals surface area contributed by atoms with Crippen LogP contribution in [-0.4, -0.2) is 29.1 Å². The Labute approximate surface area is 269 Å². The van der Waals surface area contributed by atoms with Crippen LogP contribution in [0.5, 0.6) is 5.75 Å². The number of hydrogen-bond acceptors (Lipinski definition) is 6. The Kier molecular flexibility index (Phi) is 9.12. The molecule has 2 heterocycles. The van der Waals surface area contributed by atoms with Crippen LogP contribution in [-0.2, 0) is 10.2 Å². The third-order valence-corrected chi connectivity index (χ3v) is 8.40. The van der Waals surface area contributed by atoms with E-state index >= 15 is 0 Å². The van der Waals surface area contributed by atoms with Gasteiger partial charge in [0, 0.05) is 21.4 Å². The highest BCUT2D eigenvalue weighted by atomic mass is 32.1. The maximum atomic E-state index is 14.2. The first-order chi connectivity index (χ1) is 21.3. The highest BCUT2D eigenvalue weighted by Crippen LogP contribution is 2.42. The number of hydrogen-bond donors (Lipinski definition) is 1. The van der Waals surface area contributed by atoms with Gasteiger partial charge in [-0.25, -0.2) is 9.78 Å². The fourth-order valence-electron chi connectivity index (χ4n) is 5.29. The molecular weight excluding hydrogens is 580 g/mol. The molecule has 6 nitrogen and oxygen atoms in total. The van der Waals surface area contributed by atoms with Crippen molar-refractivity contribution in [3.05, 3.63) is 100 Å². The second-order valence-corrected chi connectivity index (χ2v) is 13.9. The van der Waals surface area contributed by atoms with Crippen LogP contribution in [0.25, 0.3) is 33.3 Å². The Bertz CT molecular complexity index is 1860. The van der Waals surface area contributed by atoms with Gasteiger partial charge in [-0.2, -0.15) is 0 Å². The summed E-state index contributed by atoms with van der Waals surface area (Å²) in [4.78, 5) is 33.6. The normalized spacial score (nSPS) is 11.7. The molecule has 0 radical (unpaired) electrons. The average Bonchev–Trinajstić information content (AvgIpc) is 3.31. The second-order valence-electron chi connectivity index (χ2n) is 12.7. The molecule has 232 valence electrons. The molecule has 0 aliphatic rings. The molecule has 5 aromatic rings.